The van der Waals surface area contributed by atoms with Crippen molar-refractivity contribution in [3.8, 4) is 0 Å². The summed E-state index contributed by atoms with van der Waals surface area (Å²) in [7, 11) is -3.01. The van der Waals surface area contributed by atoms with Crippen LogP contribution in [0, 0.1) is 0 Å². The smallest absolute Gasteiger partial charge is 0.224 e. The maximum Gasteiger partial charge on any atom is 0.224 e. The third kappa shape index (κ3) is 4.43. The van der Waals surface area contributed by atoms with E-state index in [1.807, 2.05) is 0 Å². The Bertz CT molecular complexity index is 461. The van der Waals surface area contributed by atoms with Gasteiger partial charge in [-0.05, 0) is 26.2 Å². The third-order valence-electron chi connectivity index (χ3n) is 4.14. The Morgan fingerprint density at radius 3 is 2.85 bits per heavy atom. The number of likely N-dealkylation sites (tertiary alicyclic amines) is 1. The molecule has 0 aromatic carbocycles. The van der Waals surface area contributed by atoms with E-state index in [-0.39, 0.29) is 29.9 Å². The molecule has 2 saturated heterocycles. The molecular formula is C13H24N2O4S. The zero-order valence-corrected chi connectivity index (χ0v) is 12.8. The van der Waals surface area contributed by atoms with Gasteiger partial charge >= 0.3 is 0 Å². The average Bonchev–Trinajstić information content (AvgIpc) is 2.49. The minimum atomic E-state index is -3.01. The first-order valence-electron chi connectivity index (χ1n) is 7.21. The van der Waals surface area contributed by atoms with Crippen LogP contribution in [0.1, 0.15) is 32.6 Å². The van der Waals surface area contributed by atoms with E-state index in [0.29, 0.717) is 32.5 Å². The monoisotopic (exact) mass is 304 g/mol. The molecule has 0 aromatic rings. The molecule has 2 heterocycles. The number of sulfone groups is 1. The molecule has 2 N–H and O–H groups in total. The molecule has 2 rings (SSSR count). The maximum absolute atomic E-state index is 12.3. The summed E-state index contributed by atoms with van der Waals surface area (Å²) < 4.78 is 23.1. The van der Waals surface area contributed by atoms with Gasteiger partial charge in [0, 0.05) is 32.1 Å². The number of nitrogens with one attached hydrogen (secondary N) is 1. The van der Waals surface area contributed by atoms with Crippen LogP contribution < -0.4 is 5.32 Å². The second kappa shape index (κ2) is 5.99. The number of rotatable bonds is 2. The fraction of sp³-hybridized carbons (Fsp3) is 0.923. The number of hydrogen-bond acceptors (Lipinski definition) is 5. The Kier molecular flexibility index (Phi) is 4.71. The molecule has 1 amide bonds. The Labute approximate surface area is 120 Å². The lowest BCUT2D eigenvalue weighted by Gasteiger charge is -2.27. The summed E-state index contributed by atoms with van der Waals surface area (Å²) in [4.78, 5) is 14.0. The van der Waals surface area contributed by atoms with E-state index in [9.17, 15) is 18.3 Å². The van der Waals surface area contributed by atoms with E-state index in [1.165, 1.54) is 0 Å². The average molecular weight is 304 g/mol. The Balaban J connectivity index is 1.88. The highest BCUT2D eigenvalue weighted by Crippen LogP contribution is 2.22. The number of amides is 1. The van der Waals surface area contributed by atoms with E-state index < -0.39 is 15.4 Å². The Hall–Kier alpha value is -0.660. The van der Waals surface area contributed by atoms with Crippen molar-refractivity contribution < 1.29 is 18.3 Å². The topological polar surface area (TPSA) is 86.7 Å². The number of nitrogens with zero attached hydrogens (tertiary/aromatic N) is 1. The highest BCUT2D eigenvalue weighted by Gasteiger charge is 2.30. The summed E-state index contributed by atoms with van der Waals surface area (Å²) in [5.41, 5.74) is -0.693. The van der Waals surface area contributed by atoms with Crippen LogP contribution in [0.15, 0.2) is 0 Å². The normalized spacial score (nSPS) is 34.5. The van der Waals surface area contributed by atoms with Crippen molar-refractivity contribution in [3.63, 3.8) is 0 Å². The molecule has 0 bridgehead atoms. The lowest BCUT2D eigenvalue weighted by atomic mass is 9.98. The van der Waals surface area contributed by atoms with Crippen molar-refractivity contribution in [1.82, 2.24) is 10.2 Å². The van der Waals surface area contributed by atoms with Crippen molar-refractivity contribution in [2.45, 2.75) is 44.2 Å². The molecule has 0 saturated carbocycles. The van der Waals surface area contributed by atoms with Gasteiger partial charge in [-0.15, -0.1) is 0 Å². The highest BCUT2D eigenvalue weighted by molar-refractivity contribution is 7.91. The van der Waals surface area contributed by atoms with Gasteiger partial charge in [-0.25, -0.2) is 8.42 Å². The van der Waals surface area contributed by atoms with E-state index >= 15 is 0 Å². The van der Waals surface area contributed by atoms with Crippen LogP contribution in [0.4, 0.5) is 0 Å². The minimum Gasteiger partial charge on any atom is -0.390 e. The Morgan fingerprint density at radius 2 is 2.15 bits per heavy atom. The van der Waals surface area contributed by atoms with Crippen LogP contribution in [-0.4, -0.2) is 67.1 Å². The summed E-state index contributed by atoms with van der Waals surface area (Å²) in [6.45, 7) is 3.42. The third-order valence-corrected chi connectivity index (χ3v) is 5.87. The van der Waals surface area contributed by atoms with Gasteiger partial charge in [0.1, 0.15) is 0 Å². The van der Waals surface area contributed by atoms with Crippen LogP contribution >= 0.6 is 0 Å². The van der Waals surface area contributed by atoms with Gasteiger partial charge < -0.3 is 15.3 Å². The quantitative estimate of drug-likeness (QED) is 0.720. The lowest BCUT2D eigenvalue weighted by Crippen LogP contribution is -2.48. The zero-order valence-electron chi connectivity index (χ0n) is 12.0. The van der Waals surface area contributed by atoms with Gasteiger partial charge in [-0.3, -0.25) is 4.79 Å². The van der Waals surface area contributed by atoms with Crippen molar-refractivity contribution >= 4 is 15.7 Å². The molecule has 116 valence electrons. The molecule has 2 unspecified atom stereocenters. The Morgan fingerprint density at radius 1 is 1.40 bits per heavy atom. The van der Waals surface area contributed by atoms with Gasteiger partial charge in [0.05, 0.1) is 17.1 Å². The molecule has 6 nitrogen and oxygen atoms in total. The van der Waals surface area contributed by atoms with Crippen molar-refractivity contribution in [1.29, 1.82) is 0 Å². The minimum absolute atomic E-state index is 0.0164. The van der Waals surface area contributed by atoms with Crippen molar-refractivity contribution in [2.75, 3.05) is 31.1 Å². The highest BCUT2D eigenvalue weighted by atomic mass is 32.2. The van der Waals surface area contributed by atoms with E-state index in [4.69, 9.17) is 0 Å². The summed E-state index contributed by atoms with van der Waals surface area (Å²) in [5, 5.41) is 13.1. The van der Waals surface area contributed by atoms with Crippen molar-refractivity contribution in [3.05, 3.63) is 0 Å². The first kappa shape index (κ1) is 15.7. The van der Waals surface area contributed by atoms with Crippen LogP contribution in [-0.2, 0) is 14.6 Å². The second-order valence-electron chi connectivity index (χ2n) is 6.20. The molecule has 2 fully saturated rings. The predicted molar refractivity (Wildman–Crippen MR) is 76.1 cm³/mol. The molecule has 0 aromatic heterocycles. The van der Waals surface area contributed by atoms with Gasteiger partial charge in [0.15, 0.2) is 9.84 Å². The van der Waals surface area contributed by atoms with Crippen LogP contribution in [0.2, 0.25) is 0 Å². The molecule has 2 atom stereocenters. The lowest BCUT2D eigenvalue weighted by molar-refractivity contribution is -0.131. The fourth-order valence-corrected chi connectivity index (χ4v) is 4.30. The van der Waals surface area contributed by atoms with Crippen LogP contribution in [0.5, 0.6) is 0 Å². The first-order valence-corrected chi connectivity index (χ1v) is 9.04. The number of carbonyl (C=O) groups excluding carboxylic acids is 1. The summed E-state index contributed by atoms with van der Waals surface area (Å²) >= 11 is 0. The van der Waals surface area contributed by atoms with Gasteiger partial charge in [0.25, 0.3) is 0 Å². The molecular weight excluding hydrogens is 280 g/mol. The number of aliphatic hydroxyl groups is 1. The SMILES string of the molecule is CC1(O)CCCN(C(=O)CC2CS(=O)(=O)CCN2)CC1. The van der Waals surface area contributed by atoms with E-state index in [0.717, 1.165) is 6.42 Å². The van der Waals surface area contributed by atoms with Gasteiger partial charge in [-0.2, -0.15) is 0 Å². The number of carbonyl (C=O) groups is 1. The molecule has 0 spiro atoms. The van der Waals surface area contributed by atoms with E-state index in [2.05, 4.69) is 5.32 Å². The van der Waals surface area contributed by atoms with Crippen LogP contribution in [0.25, 0.3) is 0 Å². The molecule has 0 aliphatic carbocycles. The maximum atomic E-state index is 12.3. The van der Waals surface area contributed by atoms with Crippen molar-refractivity contribution in [2.24, 2.45) is 0 Å². The molecule has 2 aliphatic heterocycles. The summed E-state index contributed by atoms with van der Waals surface area (Å²) in [6, 6.07) is -0.273. The molecule has 2 aliphatic rings. The summed E-state index contributed by atoms with van der Waals surface area (Å²) in [6.07, 6.45) is 2.29. The second-order valence-corrected chi connectivity index (χ2v) is 8.43. The zero-order chi connectivity index (χ0) is 14.8. The largest absolute Gasteiger partial charge is 0.390 e. The standard InChI is InChI=1S/C13H24N2O4S/c1-13(17)3-2-6-15(7-4-13)12(16)9-11-10-20(18,19)8-5-14-11/h11,14,17H,2-10H2,1H3. The van der Waals surface area contributed by atoms with Gasteiger partial charge in [0.2, 0.25) is 5.91 Å². The van der Waals surface area contributed by atoms with Crippen LogP contribution in [0.3, 0.4) is 0 Å². The molecule has 7 heteroatoms. The number of hydrogen-bond donors (Lipinski definition) is 2. The molecule has 0 radical (unpaired) electrons. The van der Waals surface area contributed by atoms with E-state index in [1.54, 1.807) is 11.8 Å². The summed E-state index contributed by atoms with van der Waals surface area (Å²) in [5.74, 6) is 0.187. The molecule has 20 heavy (non-hydrogen) atoms. The predicted octanol–water partition coefficient (Wildman–Crippen LogP) is -0.473. The first-order chi connectivity index (χ1) is 9.27. The van der Waals surface area contributed by atoms with Gasteiger partial charge in [-0.1, -0.05) is 0 Å². The fourth-order valence-electron chi connectivity index (χ4n) is 2.85.